The van der Waals surface area contributed by atoms with E-state index in [0.29, 0.717) is 0 Å². The maximum atomic E-state index is 6.25. The molecule has 28 heavy (non-hydrogen) atoms. The lowest BCUT2D eigenvalue weighted by atomic mass is 10.0. The highest BCUT2D eigenvalue weighted by atomic mass is 28.4. The molecule has 2 nitrogen and oxygen atoms in total. The Kier molecular flexibility index (Phi) is 21.9. The summed E-state index contributed by atoms with van der Waals surface area (Å²) in [5, 5.41) is 0. The monoisotopic (exact) mass is 414 g/mol. The van der Waals surface area contributed by atoms with Gasteiger partial charge in [-0.05, 0) is 25.9 Å². The van der Waals surface area contributed by atoms with Crippen molar-refractivity contribution in [1.29, 1.82) is 0 Å². The van der Waals surface area contributed by atoms with Crippen LogP contribution in [0, 0.1) is 0 Å². The van der Waals surface area contributed by atoms with E-state index in [1.165, 1.54) is 121 Å². The second-order valence-electron chi connectivity index (χ2n) is 8.58. The van der Waals surface area contributed by atoms with Gasteiger partial charge in [-0.15, -0.1) is 0 Å². The van der Waals surface area contributed by atoms with Gasteiger partial charge in [-0.1, -0.05) is 123 Å². The Morgan fingerprint density at radius 1 is 0.393 bits per heavy atom. The van der Waals surface area contributed by atoms with Crippen molar-refractivity contribution in [1.82, 2.24) is 0 Å². The fourth-order valence-corrected chi connectivity index (χ4v) is 7.75. The van der Waals surface area contributed by atoms with Gasteiger partial charge in [-0.25, -0.2) is 0 Å². The lowest BCUT2D eigenvalue weighted by Gasteiger charge is -2.30. The van der Waals surface area contributed by atoms with Gasteiger partial charge in [-0.3, -0.25) is 0 Å². The van der Waals surface area contributed by atoms with Crippen LogP contribution < -0.4 is 0 Å². The normalized spacial score (nSPS) is 12.0. The number of hydrogen-bond acceptors (Lipinski definition) is 2. The molecule has 0 amide bonds. The number of hydrogen-bond donors (Lipinski definition) is 0. The maximum absolute atomic E-state index is 6.25. The van der Waals surface area contributed by atoms with Gasteiger partial charge in [0, 0.05) is 13.2 Å². The third-order valence-corrected chi connectivity index (χ3v) is 9.75. The lowest BCUT2D eigenvalue weighted by Crippen LogP contribution is -2.42. The Hall–Kier alpha value is 0.137. The Balaban J connectivity index is 3.67. The van der Waals surface area contributed by atoms with Gasteiger partial charge in [0.25, 0.3) is 0 Å². The van der Waals surface area contributed by atoms with Crippen molar-refractivity contribution < 1.29 is 8.85 Å². The average Bonchev–Trinajstić information content (AvgIpc) is 2.69. The molecule has 0 spiro atoms. The molecule has 0 heterocycles. The van der Waals surface area contributed by atoms with Gasteiger partial charge < -0.3 is 8.85 Å². The van der Waals surface area contributed by atoms with Crippen LogP contribution in [-0.2, 0) is 8.85 Å². The molecule has 0 unspecified atom stereocenters. The molecule has 0 aromatic heterocycles. The van der Waals surface area contributed by atoms with Crippen LogP contribution in [0.5, 0.6) is 0 Å². The maximum Gasteiger partial charge on any atom is 0.338 e. The summed E-state index contributed by atoms with van der Waals surface area (Å²) in [5.74, 6) is 0. The molecule has 0 atom stereocenters. The molecule has 0 N–H and O–H groups in total. The SMILES string of the molecule is CCCCCCCCCCCCCCCC[Si](CCCCC)(OCC)OCC. The van der Waals surface area contributed by atoms with Gasteiger partial charge in [0.05, 0.1) is 0 Å². The molecule has 0 aliphatic heterocycles. The second-order valence-corrected chi connectivity index (χ2v) is 12.0. The molecule has 0 aliphatic rings. The van der Waals surface area contributed by atoms with E-state index in [2.05, 4.69) is 27.7 Å². The van der Waals surface area contributed by atoms with Gasteiger partial charge >= 0.3 is 8.56 Å². The van der Waals surface area contributed by atoms with E-state index in [1.54, 1.807) is 0 Å². The van der Waals surface area contributed by atoms with Crippen molar-refractivity contribution in [2.24, 2.45) is 0 Å². The van der Waals surface area contributed by atoms with Crippen molar-refractivity contribution in [3.63, 3.8) is 0 Å². The van der Waals surface area contributed by atoms with E-state index in [4.69, 9.17) is 8.85 Å². The second kappa shape index (κ2) is 21.8. The highest BCUT2D eigenvalue weighted by Gasteiger charge is 2.35. The summed E-state index contributed by atoms with van der Waals surface area (Å²) in [6.45, 7) is 10.5. The van der Waals surface area contributed by atoms with E-state index in [9.17, 15) is 0 Å². The van der Waals surface area contributed by atoms with Crippen LogP contribution in [-0.4, -0.2) is 21.8 Å². The predicted octanol–water partition coefficient (Wildman–Crippen LogP) is 9.17. The molecule has 0 saturated carbocycles. The van der Waals surface area contributed by atoms with Crippen LogP contribution in [0.3, 0.4) is 0 Å². The van der Waals surface area contributed by atoms with E-state index in [1.807, 2.05) is 0 Å². The molecule has 3 heteroatoms. The van der Waals surface area contributed by atoms with Crippen LogP contribution >= 0.6 is 0 Å². The molecule has 0 aliphatic carbocycles. The standard InChI is InChI=1S/C25H54O2Si/c1-5-9-11-12-13-14-15-16-17-18-19-20-21-23-25-28(26-7-3,27-8-4)24-22-10-6-2/h5-25H2,1-4H3. The van der Waals surface area contributed by atoms with Gasteiger partial charge in [0.15, 0.2) is 0 Å². The Labute approximate surface area is 179 Å². The molecule has 0 bridgehead atoms. The molecular weight excluding hydrogens is 360 g/mol. The third kappa shape index (κ3) is 17.0. The minimum atomic E-state index is -1.94. The average molecular weight is 415 g/mol. The van der Waals surface area contributed by atoms with E-state index in [-0.39, 0.29) is 0 Å². The third-order valence-electron chi connectivity index (χ3n) is 5.89. The van der Waals surface area contributed by atoms with Crippen LogP contribution in [0.15, 0.2) is 0 Å². The predicted molar refractivity (Wildman–Crippen MR) is 128 cm³/mol. The molecule has 170 valence electrons. The molecule has 0 radical (unpaired) electrons. The summed E-state index contributed by atoms with van der Waals surface area (Å²) in [5.41, 5.74) is 0. The fraction of sp³-hybridized carbons (Fsp3) is 1.00. The zero-order chi connectivity index (χ0) is 20.8. The molecule has 0 saturated heterocycles. The van der Waals surface area contributed by atoms with Gasteiger partial charge in [0.1, 0.15) is 0 Å². The summed E-state index contributed by atoms with van der Waals surface area (Å²) >= 11 is 0. The first-order chi connectivity index (χ1) is 13.7. The first kappa shape index (κ1) is 28.1. The largest absolute Gasteiger partial charge is 0.394 e. The minimum Gasteiger partial charge on any atom is -0.394 e. The fourth-order valence-electron chi connectivity index (χ4n) is 4.21. The Morgan fingerprint density at radius 2 is 0.679 bits per heavy atom. The number of rotatable bonds is 23. The van der Waals surface area contributed by atoms with Crippen LogP contribution in [0.1, 0.15) is 137 Å². The summed E-state index contributed by atoms with van der Waals surface area (Å²) < 4.78 is 12.5. The van der Waals surface area contributed by atoms with Crippen LogP contribution in [0.25, 0.3) is 0 Å². The van der Waals surface area contributed by atoms with Gasteiger partial charge in [0.2, 0.25) is 0 Å². The first-order valence-corrected chi connectivity index (χ1v) is 15.3. The van der Waals surface area contributed by atoms with Crippen molar-refractivity contribution in [2.45, 2.75) is 149 Å². The Bertz CT molecular complexity index is 290. The van der Waals surface area contributed by atoms with E-state index in [0.717, 1.165) is 13.2 Å². The lowest BCUT2D eigenvalue weighted by molar-refractivity contribution is 0.180. The quantitative estimate of drug-likeness (QED) is 0.122. The summed E-state index contributed by atoms with van der Waals surface area (Å²) in [7, 11) is -1.94. The highest BCUT2D eigenvalue weighted by Crippen LogP contribution is 2.26. The Morgan fingerprint density at radius 3 is 1.04 bits per heavy atom. The molecule has 0 fully saturated rings. The van der Waals surface area contributed by atoms with Crippen LogP contribution in [0.2, 0.25) is 12.1 Å². The topological polar surface area (TPSA) is 18.5 Å². The smallest absolute Gasteiger partial charge is 0.338 e. The summed E-state index contributed by atoms with van der Waals surface area (Å²) in [4.78, 5) is 0. The molecule has 0 aromatic carbocycles. The molecule has 0 aromatic rings. The molecule has 0 rings (SSSR count). The van der Waals surface area contributed by atoms with Gasteiger partial charge in [-0.2, -0.15) is 0 Å². The van der Waals surface area contributed by atoms with Crippen molar-refractivity contribution in [3.8, 4) is 0 Å². The zero-order valence-electron chi connectivity index (χ0n) is 20.2. The van der Waals surface area contributed by atoms with E-state index >= 15 is 0 Å². The van der Waals surface area contributed by atoms with Crippen molar-refractivity contribution in [3.05, 3.63) is 0 Å². The first-order valence-electron chi connectivity index (χ1n) is 13.0. The zero-order valence-corrected chi connectivity index (χ0v) is 21.2. The highest BCUT2D eigenvalue weighted by molar-refractivity contribution is 6.67. The minimum absolute atomic E-state index is 0.816. The summed E-state index contributed by atoms with van der Waals surface area (Å²) in [6, 6.07) is 2.40. The van der Waals surface area contributed by atoms with Crippen LogP contribution in [0.4, 0.5) is 0 Å². The van der Waals surface area contributed by atoms with Crippen molar-refractivity contribution >= 4 is 8.56 Å². The van der Waals surface area contributed by atoms with E-state index < -0.39 is 8.56 Å². The molecular formula is C25H54O2Si. The van der Waals surface area contributed by atoms with Crippen molar-refractivity contribution in [2.75, 3.05) is 13.2 Å². The summed E-state index contributed by atoms with van der Waals surface area (Å²) in [6.07, 6.45) is 23.8. The number of unbranched alkanes of at least 4 members (excludes halogenated alkanes) is 15.